The number of carbonyl (C=O) groups excluding carboxylic acids is 1. The lowest BCUT2D eigenvalue weighted by Gasteiger charge is -2.34. The van der Waals surface area contributed by atoms with E-state index in [1.165, 1.54) is 5.56 Å². The third-order valence-electron chi connectivity index (χ3n) is 7.98. The highest BCUT2D eigenvalue weighted by molar-refractivity contribution is 5.94. The molecule has 3 N–H and O–H groups in total. The molecule has 3 fully saturated rings. The molecule has 2 aromatic carbocycles. The number of para-hydroxylation sites is 1. The number of carbonyl (C=O) groups is 1. The van der Waals surface area contributed by atoms with E-state index in [0.29, 0.717) is 18.8 Å². The van der Waals surface area contributed by atoms with Crippen LogP contribution < -0.4 is 0 Å². The molecular weight excluding hydrogens is 416 g/mol. The number of hydrogen-bond acceptors (Lipinski definition) is 5. The molecule has 0 bridgehead atoms. The molecule has 3 aromatic rings. The molecule has 6 nitrogen and oxygen atoms in total. The van der Waals surface area contributed by atoms with Crippen LogP contribution in [0.3, 0.4) is 0 Å². The molecule has 6 heteroatoms. The fourth-order valence-electron chi connectivity index (χ4n) is 5.62. The van der Waals surface area contributed by atoms with Crippen molar-refractivity contribution in [1.82, 2.24) is 9.88 Å². The second-order valence-corrected chi connectivity index (χ2v) is 10.1. The lowest BCUT2D eigenvalue weighted by Crippen LogP contribution is -2.45. The van der Waals surface area contributed by atoms with Crippen molar-refractivity contribution in [3.63, 3.8) is 0 Å². The van der Waals surface area contributed by atoms with Crippen molar-refractivity contribution >= 4 is 16.8 Å². The van der Waals surface area contributed by atoms with Gasteiger partial charge in [-0.15, -0.1) is 0 Å². The van der Waals surface area contributed by atoms with E-state index < -0.39 is 11.9 Å². The Morgan fingerprint density at radius 2 is 1.70 bits per heavy atom. The van der Waals surface area contributed by atoms with Crippen LogP contribution in [-0.2, 0) is 4.79 Å². The normalized spacial score (nSPS) is 22.7. The molecule has 2 saturated carbocycles. The van der Waals surface area contributed by atoms with Gasteiger partial charge in [0.2, 0.25) is 0 Å². The number of benzene rings is 2. The average Bonchev–Trinajstić information content (AvgIpc) is 3.76. The Labute approximate surface area is 192 Å². The number of nitrogens with zero attached hydrogens (tertiary/aromatic N) is 2. The number of likely N-dealkylation sites (tertiary alicyclic amines) is 1. The van der Waals surface area contributed by atoms with Crippen molar-refractivity contribution in [3.8, 4) is 11.1 Å². The van der Waals surface area contributed by atoms with Crippen molar-refractivity contribution in [1.29, 1.82) is 0 Å². The van der Waals surface area contributed by atoms with Crippen LogP contribution in [0.1, 0.15) is 55.6 Å². The van der Waals surface area contributed by atoms with Crippen LogP contribution in [0.15, 0.2) is 54.6 Å². The average molecular weight is 445 g/mol. The summed E-state index contributed by atoms with van der Waals surface area (Å²) in [4.78, 5) is 18.7. The van der Waals surface area contributed by atoms with Crippen molar-refractivity contribution in [2.45, 2.75) is 49.9 Å². The fraction of sp³-hybridized carbons (Fsp3) is 0.407. The maximum Gasteiger partial charge on any atom is 0.254 e. The number of aromatic nitrogens is 1. The number of hydrogen-bond donors (Lipinski definition) is 3. The second kappa shape index (κ2) is 7.35. The van der Waals surface area contributed by atoms with E-state index >= 15 is 0 Å². The van der Waals surface area contributed by atoms with Gasteiger partial charge in [0.25, 0.3) is 5.91 Å². The quantitative estimate of drug-likeness (QED) is 0.536. The van der Waals surface area contributed by atoms with Crippen LogP contribution in [-0.4, -0.2) is 49.8 Å². The van der Waals surface area contributed by atoms with Gasteiger partial charge in [0.05, 0.1) is 11.2 Å². The summed E-state index contributed by atoms with van der Waals surface area (Å²) < 4.78 is 0. The minimum atomic E-state index is -1.61. The molecule has 0 unspecified atom stereocenters. The smallest absolute Gasteiger partial charge is 0.254 e. The van der Waals surface area contributed by atoms with Gasteiger partial charge >= 0.3 is 0 Å². The number of pyridine rings is 1. The Hall–Kier alpha value is -2.80. The fourth-order valence-corrected chi connectivity index (χ4v) is 5.62. The van der Waals surface area contributed by atoms with Gasteiger partial charge in [-0.3, -0.25) is 4.79 Å². The summed E-state index contributed by atoms with van der Waals surface area (Å²) >= 11 is 0. The molecule has 33 heavy (non-hydrogen) atoms. The topological polar surface area (TPSA) is 93.9 Å². The monoisotopic (exact) mass is 444 g/mol. The van der Waals surface area contributed by atoms with Crippen molar-refractivity contribution in [2.24, 2.45) is 5.41 Å². The van der Waals surface area contributed by atoms with E-state index in [2.05, 4.69) is 29.2 Å². The zero-order chi connectivity index (χ0) is 22.8. The Morgan fingerprint density at radius 1 is 1.00 bits per heavy atom. The first-order chi connectivity index (χ1) is 15.9. The highest BCUT2D eigenvalue weighted by Crippen LogP contribution is 2.65. The SMILES string of the molecule is O=C(N1CCC2(CC1)C[C@@H]2c1ccc(-c2cc(C(O)O)nc3ccccc23)cc1)C1(O)CC1. The first-order valence-corrected chi connectivity index (χ1v) is 11.8. The van der Waals surface area contributed by atoms with E-state index in [0.717, 1.165) is 54.4 Å². The predicted octanol–water partition coefficient (Wildman–Crippen LogP) is 3.51. The Balaban J connectivity index is 1.21. The summed E-state index contributed by atoms with van der Waals surface area (Å²) in [7, 11) is 0. The van der Waals surface area contributed by atoms with Crippen LogP contribution in [0.2, 0.25) is 0 Å². The third kappa shape index (κ3) is 3.53. The number of fused-ring (bicyclic) bond motifs is 1. The minimum Gasteiger partial charge on any atom is -0.380 e. The van der Waals surface area contributed by atoms with Gasteiger partial charge in [-0.05, 0) is 72.3 Å². The van der Waals surface area contributed by atoms with Gasteiger partial charge < -0.3 is 20.2 Å². The molecule has 6 rings (SSSR count). The maximum absolute atomic E-state index is 12.4. The number of rotatable bonds is 4. The lowest BCUT2D eigenvalue weighted by molar-refractivity contribution is -0.144. The molecule has 1 aliphatic heterocycles. The molecule has 1 aromatic heterocycles. The molecule has 1 atom stereocenters. The van der Waals surface area contributed by atoms with E-state index in [-0.39, 0.29) is 17.0 Å². The predicted molar refractivity (Wildman–Crippen MR) is 124 cm³/mol. The Morgan fingerprint density at radius 3 is 2.36 bits per heavy atom. The first-order valence-electron chi connectivity index (χ1n) is 11.8. The third-order valence-corrected chi connectivity index (χ3v) is 7.98. The summed E-state index contributed by atoms with van der Waals surface area (Å²) in [6.07, 6.45) is 2.74. The highest BCUT2D eigenvalue weighted by Gasteiger charge is 2.57. The van der Waals surface area contributed by atoms with Crippen LogP contribution >= 0.6 is 0 Å². The molecule has 1 amide bonds. The summed E-state index contributed by atoms with van der Waals surface area (Å²) in [5.74, 6) is 0.438. The highest BCUT2D eigenvalue weighted by atomic mass is 16.5. The second-order valence-electron chi connectivity index (χ2n) is 10.1. The molecule has 2 aliphatic carbocycles. The summed E-state index contributed by atoms with van der Waals surface area (Å²) in [5.41, 5.74) is 3.47. The van der Waals surface area contributed by atoms with Gasteiger partial charge in [0.1, 0.15) is 5.60 Å². The molecule has 1 saturated heterocycles. The van der Waals surface area contributed by atoms with Crippen molar-refractivity contribution in [3.05, 3.63) is 65.9 Å². The Bertz CT molecular complexity index is 1220. The zero-order valence-corrected chi connectivity index (χ0v) is 18.4. The summed E-state index contributed by atoms with van der Waals surface area (Å²) in [5, 5.41) is 30.5. The number of piperidine rings is 1. The molecule has 2 heterocycles. The molecule has 3 aliphatic rings. The van der Waals surface area contributed by atoms with Gasteiger partial charge in [-0.1, -0.05) is 42.5 Å². The van der Waals surface area contributed by atoms with E-state index in [1.807, 2.05) is 29.2 Å². The number of amides is 1. The Kier molecular flexibility index (Phi) is 4.63. The van der Waals surface area contributed by atoms with E-state index in [1.54, 1.807) is 6.07 Å². The molecule has 0 radical (unpaired) electrons. The van der Waals surface area contributed by atoms with Crippen LogP contribution in [0.5, 0.6) is 0 Å². The lowest BCUT2D eigenvalue weighted by atomic mass is 9.88. The standard InChI is InChI=1S/C27H28N2O4/c30-24(31)23-15-20(19-3-1-2-4-22(19)28-23)17-5-7-18(8-6-17)21-16-26(21)11-13-29(14-12-26)25(32)27(33)9-10-27/h1-8,15,21,24,30-31,33H,9-14,16H2/t21-/m1/s1. The largest absolute Gasteiger partial charge is 0.380 e. The van der Waals surface area contributed by atoms with E-state index in [4.69, 9.17) is 0 Å². The first kappa shape index (κ1) is 20.8. The summed E-state index contributed by atoms with van der Waals surface area (Å²) in [6.45, 7) is 1.48. The van der Waals surface area contributed by atoms with Crippen molar-refractivity contribution < 1.29 is 20.1 Å². The number of aliphatic hydroxyl groups is 3. The molecular formula is C27H28N2O4. The van der Waals surface area contributed by atoms with Crippen molar-refractivity contribution in [2.75, 3.05) is 13.1 Å². The minimum absolute atomic E-state index is 0.0733. The van der Waals surface area contributed by atoms with Gasteiger partial charge in [-0.25, -0.2) is 4.98 Å². The van der Waals surface area contributed by atoms with Gasteiger partial charge in [-0.2, -0.15) is 0 Å². The zero-order valence-electron chi connectivity index (χ0n) is 18.4. The van der Waals surface area contributed by atoms with E-state index in [9.17, 15) is 20.1 Å². The number of aliphatic hydroxyl groups excluding tert-OH is 1. The van der Waals surface area contributed by atoms with Crippen LogP contribution in [0.4, 0.5) is 0 Å². The maximum atomic E-state index is 12.4. The molecule has 170 valence electrons. The van der Waals surface area contributed by atoms with Crippen LogP contribution in [0, 0.1) is 5.41 Å². The van der Waals surface area contributed by atoms with Gasteiger partial charge in [0, 0.05) is 18.5 Å². The van der Waals surface area contributed by atoms with Gasteiger partial charge in [0.15, 0.2) is 6.29 Å². The summed E-state index contributed by atoms with van der Waals surface area (Å²) in [6, 6.07) is 18.1. The molecule has 1 spiro atoms. The van der Waals surface area contributed by atoms with Crippen LogP contribution in [0.25, 0.3) is 22.0 Å².